The molecule has 0 saturated heterocycles. The number of hydrogen-bond acceptors (Lipinski definition) is 2. The van der Waals surface area contributed by atoms with Crippen molar-refractivity contribution in [3.05, 3.63) is 42.0 Å². The average Bonchev–Trinajstić information content (AvgIpc) is 2.69. The van der Waals surface area contributed by atoms with E-state index in [1.807, 2.05) is 6.07 Å². The lowest BCUT2D eigenvalue weighted by Gasteiger charge is -2.07. The first-order valence-electron chi connectivity index (χ1n) is 6.48. The second-order valence-corrected chi connectivity index (χ2v) is 4.94. The van der Waals surface area contributed by atoms with Crippen molar-refractivity contribution in [2.24, 2.45) is 0 Å². The van der Waals surface area contributed by atoms with Gasteiger partial charge in [0.25, 0.3) is 0 Å². The minimum absolute atomic E-state index is 0.706. The normalized spacial score (nSPS) is 11.5. The fourth-order valence-corrected chi connectivity index (χ4v) is 2.65. The zero-order valence-electron chi connectivity index (χ0n) is 11.3. The minimum atomic E-state index is 0.706. The van der Waals surface area contributed by atoms with Gasteiger partial charge in [0.05, 0.1) is 6.61 Å². The molecule has 0 unspecified atom stereocenters. The molecule has 19 heavy (non-hydrogen) atoms. The summed E-state index contributed by atoms with van der Waals surface area (Å²) in [6.07, 6.45) is 0. The topological polar surface area (TPSA) is 40.2 Å². The predicted molar refractivity (Wildman–Crippen MR) is 80.5 cm³/mol. The van der Waals surface area contributed by atoms with E-state index in [1.165, 1.54) is 27.4 Å². The molecule has 98 valence electrons. The Balaban J connectivity index is 2.36. The highest BCUT2D eigenvalue weighted by atomic mass is 16.5. The van der Waals surface area contributed by atoms with Gasteiger partial charge in [0.15, 0.2) is 0 Å². The SMILES string of the molecule is COCCn1c2ccc(N)cc2c2ccc(C)cc21. The number of fused-ring (bicyclic) bond motifs is 3. The van der Waals surface area contributed by atoms with E-state index in [-0.39, 0.29) is 0 Å². The van der Waals surface area contributed by atoms with Crippen LogP contribution in [-0.4, -0.2) is 18.3 Å². The Hall–Kier alpha value is -2.00. The Morgan fingerprint density at radius 1 is 1.05 bits per heavy atom. The van der Waals surface area contributed by atoms with Gasteiger partial charge in [0.1, 0.15) is 0 Å². The van der Waals surface area contributed by atoms with E-state index < -0.39 is 0 Å². The van der Waals surface area contributed by atoms with Crippen molar-refractivity contribution >= 4 is 27.5 Å². The molecule has 0 saturated carbocycles. The van der Waals surface area contributed by atoms with Gasteiger partial charge in [0, 0.05) is 41.1 Å². The number of rotatable bonds is 3. The van der Waals surface area contributed by atoms with E-state index >= 15 is 0 Å². The number of nitrogen functional groups attached to an aromatic ring is 1. The van der Waals surface area contributed by atoms with Crippen LogP contribution in [0.5, 0.6) is 0 Å². The van der Waals surface area contributed by atoms with Crippen LogP contribution in [0.2, 0.25) is 0 Å². The first kappa shape index (κ1) is 12.1. The number of aryl methyl sites for hydroxylation is 1. The summed E-state index contributed by atoms with van der Waals surface area (Å²) in [7, 11) is 1.73. The summed E-state index contributed by atoms with van der Waals surface area (Å²) in [6, 6.07) is 12.6. The number of aromatic nitrogens is 1. The van der Waals surface area contributed by atoms with E-state index in [0.29, 0.717) is 6.61 Å². The zero-order valence-corrected chi connectivity index (χ0v) is 11.3. The highest BCUT2D eigenvalue weighted by Crippen LogP contribution is 2.31. The summed E-state index contributed by atoms with van der Waals surface area (Å²) < 4.78 is 7.53. The van der Waals surface area contributed by atoms with Crippen LogP contribution in [0.1, 0.15) is 5.56 Å². The molecule has 0 aliphatic heterocycles. The van der Waals surface area contributed by atoms with Crippen LogP contribution in [0.3, 0.4) is 0 Å². The second kappa shape index (κ2) is 4.59. The van der Waals surface area contributed by atoms with Crippen molar-refractivity contribution in [2.75, 3.05) is 19.5 Å². The molecule has 3 aromatic rings. The fraction of sp³-hybridized carbons (Fsp3) is 0.250. The first-order chi connectivity index (χ1) is 9.20. The molecule has 3 rings (SSSR count). The number of benzene rings is 2. The monoisotopic (exact) mass is 254 g/mol. The van der Waals surface area contributed by atoms with Gasteiger partial charge in [-0.05, 0) is 36.8 Å². The molecule has 3 heteroatoms. The number of methoxy groups -OCH3 is 1. The molecule has 0 spiro atoms. The lowest BCUT2D eigenvalue weighted by molar-refractivity contribution is 0.189. The molecule has 1 aromatic heterocycles. The van der Waals surface area contributed by atoms with Gasteiger partial charge in [-0.25, -0.2) is 0 Å². The highest BCUT2D eigenvalue weighted by Gasteiger charge is 2.10. The van der Waals surface area contributed by atoms with Gasteiger partial charge in [-0.3, -0.25) is 0 Å². The maximum absolute atomic E-state index is 5.92. The van der Waals surface area contributed by atoms with Crippen LogP contribution < -0.4 is 5.73 Å². The van der Waals surface area contributed by atoms with Gasteiger partial charge >= 0.3 is 0 Å². The van der Waals surface area contributed by atoms with Crippen molar-refractivity contribution in [3.8, 4) is 0 Å². The standard InChI is InChI=1S/C16H18N2O/c1-11-3-5-13-14-10-12(17)4-6-15(14)18(7-8-19-2)16(13)9-11/h3-6,9-10H,7-8,17H2,1-2H3. The Morgan fingerprint density at radius 2 is 1.89 bits per heavy atom. The molecular weight excluding hydrogens is 236 g/mol. The largest absolute Gasteiger partial charge is 0.399 e. The maximum Gasteiger partial charge on any atom is 0.0642 e. The quantitative estimate of drug-likeness (QED) is 0.728. The third-order valence-electron chi connectivity index (χ3n) is 3.56. The van der Waals surface area contributed by atoms with E-state index in [4.69, 9.17) is 10.5 Å². The molecule has 0 aliphatic carbocycles. The summed E-state index contributed by atoms with van der Waals surface area (Å²) in [5.41, 5.74) is 10.5. The van der Waals surface area contributed by atoms with Crippen molar-refractivity contribution in [2.45, 2.75) is 13.5 Å². The Labute approximate surface area is 112 Å². The van der Waals surface area contributed by atoms with Crippen LogP contribution in [0.4, 0.5) is 5.69 Å². The van der Waals surface area contributed by atoms with E-state index in [0.717, 1.165) is 12.2 Å². The number of ether oxygens (including phenoxy) is 1. The smallest absolute Gasteiger partial charge is 0.0642 e. The number of nitrogens with zero attached hydrogens (tertiary/aromatic N) is 1. The molecular formula is C16H18N2O. The molecule has 2 aromatic carbocycles. The Morgan fingerprint density at radius 3 is 2.68 bits per heavy atom. The van der Waals surface area contributed by atoms with Gasteiger partial charge in [-0.15, -0.1) is 0 Å². The maximum atomic E-state index is 5.92. The van der Waals surface area contributed by atoms with Crippen LogP contribution in [0.25, 0.3) is 21.8 Å². The lowest BCUT2D eigenvalue weighted by atomic mass is 10.1. The van der Waals surface area contributed by atoms with Crippen molar-refractivity contribution in [1.82, 2.24) is 4.57 Å². The third-order valence-corrected chi connectivity index (χ3v) is 3.56. The van der Waals surface area contributed by atoms with Gasteiger partial charge in [0.2, 0.25) is 0 Å². The van der Waals surface area contributed by atoms with Crippen molar-refractivity contribution in [3.63, 3.8) is 0 Å². The minimum Gasteiger partial charge on any atom is -0.399 e. The Bertz CT molecular complexity index is 743. The van der Waals surface area contributed by atoms with Crippen LogP contribution >= 0.6 is 0 Å². The third kappa shape index (κ3) is 1.96. The van der Waals surface area contributed by atoms with E-state index in [1.54, 1.807) is 7.11 Å². The second-order valence-electron chi connectivity index (χ2n) is 4.94. The predicted octanol–water partition coefficient (Wildman–Crippen LogP) is 3.33. The number of nitrogens with two attached hydrogens (primary N) is 1. The first-order valence-corrected chi connectivity index (χ1v) is 6.48. The molecule has 1 heterocycles. The number of anilines is 1. The fourth-order valence-electron chi connectivity index (χ4n) is 2.65. The van der Waals surface area contributed by atoms with Gasteiger partial charge < -0.3 is 15.0 Å². The van der Waals surface area contributed by atoms with Crippen LogP contribution in [0, 0.1) is 6.92 Å². The zero-order chi connectivity index (χ0) is 13.4. The summed E-state index contributed by atoms with van der Waals surface area (Å²) in [5.74, 6) is 0. The van der Waals surface area contributed by atoms with E-state index in [9.17, 15) is 0 Å². The lowest BCUT2D eigenvalue weighted by Crippen LogP contribution is -2.03. The average molecular weight is 254 g/mol. The van der Waals surface area contributed by atoms with Crippen molar-refractivity contribution in [1.29, 1.82) is 0 Å². The van der Waals surface area contributed by atoms with Crippen LogP contribution in [-0.2, 0) is 11.3 Å². The molecule has 0 atom stereocenters. The number of hydrogen-bond donors (Lipinski definition) is 1. The molecule has 3 nitrogen and oxygen atoms in total. The van der Waals surface area contributed by atoms with Crippen LogP contribution in [0.15, 0.2) is 36.4 Å². The summed E-state index contributed by atoms with van der Waals surface area (Å²) in [6.45, 7) is 3.67. The summed E-state index contributed by atoms with van der Waals surface area (Å²) in [4.78, 5) is 0. The van der Waals surface area contributed by atoms with Crippen molar-refractivity contribution < 1.29 is 4.74 Å². The van der Waals surface area contributed by atoms with E-state index in [2.05, 4.69) is 41.8 Å². The van der Waals surface area contributed by atoms with Gasteiger partial charge in [-0.2, -0.15) is 0 Å². The molecule has 0 amide bonds. The van der Waals surface area contributed by atoms with Gasteiger partial charge in [-0.1, -0.05) is 12.1 Å². The molecule has 0 radical (unpaired) electrons. The summed E-state index contributed by atoms with van der Waals surface area (Å²) in [5, 5.41) is 2.47. The Kier molecular flexibility index (Phi) is 2.91. The molecule has 0 aliphatic rings. The molecule has 0 bridgehead atoms. The molecule has 2 N–H and O–H groups in total. The molecule has 0 fully saturated rings. The highest BCUT2D eigenvalue weighted by molar-refractivity contribution is 6.09. The summed E-state index contributed by atoms with van der Waals surface area (Å²) >= 11 is 0.